The van der Waals surface area contributed by atoms with Crippen molar-refractivity contribution in [3.63, 3.8) is 0 Å². The first-order valence-corrected chi connectivity index (χ1v) is 6.22. The lowest BCUT2D eigenvalue weighted by atomic mass is 10.1. The SMILES string of the molecule is CC(C)c1csnc1OC1CCCC1. The first-order chi connectivity index (χ1) is 6.77. The number of ether oxygens (including phenoxy) is 1. The average Bonchev–Trinajstić information content (AvgIpc) is 2.75. The standard InChI is InChI=1S/C11H17NOS/c1-8(2)10-7-14-12-11(10)13-9-5-3-4-6-9/h7-9H,3-6H2,1-2H3. The molecule has 1 fully saturated rings. The zero-order valence-electron chi connectivity index (χ0n) is 8.82. The first kappa shape index (κ1) is 9.97. The van der Waals surface area contributed by atoms with Crippen LogP contribution in [0.4, 0.5) is 0 Å². The fourth-order valence-corrected chi connectivity index (χ4v) is 2.65. The normalized spacial score (nSPS) is 17.9. The summed E-state index contributed by atoms with van der Waals surface area (Å²) < 4.78 is 10.2. The molecule has 1 aromatic rings. The zero-order chi connectivity index (χ0) is 9.97. The summed E-state index contributed by atoms with van der Waals surface area (Å²) in [6.07, 6.45) is 5.46. The molecular weight excluding hydrogens is 194 g/mol. The number of rotatable bonds is 3. The molecule has 0 spiro atoms. The molecule has 0 aliphatic heterocycles. The molecule has 1 aliphatic carbocycles. The number of nitrogens with zero attached hydrogens (tertiary/aromatic N) is 1. The van der Waals surface area contributed by atoms with E-state index in [2.05, 4.69) is 23.6 Å². The lowest BCUT2D eigenvalue weighted by Crippen LogP contribution is -2.12. The lowest BCUT2D eigenvalue weighted by Gasteiger charge is -2.13. The van der Waals surface area contributed by atoms with Crippen LogP contribution in [-0.2, 0) is 0 Å². The maximum absolute atomic E-state index is 5.91. The van der Waals surface area contributed by atoms with E-state index in [0.717, 1.165) is 5.88 Å². The minimum Gasteiger partial charge on any atom is -0.474 e. The van der Waals surface area contributed by atoms with Crippen LogP contribution in [0.2, 0.25) is 0 Å². The van der Waals surface area contributed by atoms with Gasteiger partial charge in [0.1, 0.15) is 6.10 Å². The summed E-state index contributed by atoms with van der Waals surface area (Å²) in [6, 6.07) is 0. The van der Waals surface area contributed by atoms with Crippen LogP contribution in [0.25, 0.3) is 0 Å². The van der Waals surface area contributed by atoms with Crippen molar-refractivity contribution in [3.05, 3.63) is 10.9 Å². The summed E-state index contributed by atoms with van der Waals surface area (Å²) in [6.45, 7) is 4.37. The van der Waals surface area contributed by atoms with Crippen LogP contribution >= 0.6 is 11.5 Å². The molecule has 0 atom stereocenters. The maximum Gasteiger partial charge on any atom is 0.228 e. The van der Waals surface area contributed by atoms with Crippen molar-refractivity contribution in [3.8, 4) is 5.88 Å². The van der Waals surface area contributed by atoms with Gasteiger partial charge in [-0.15, -0.1) is 0 Å². The van der Waals surface area contributed by atoms with Gasteiger partial charge in [0.2, 0.25) is 5.88 Å². The molecule has 78 valence electrons. The Labute approximate surface area is 89.5 Å². The minimum absolute atomic E-state index is 0.426. The predicted octanol–water partition coefficient (Wildman–Crippen LogP) is 3.59. The van der Waals surface area contributed by atoms with Crippen molar-refractivity contribution >= 4 is 11.5 Å². The molecule has 14 heavy (non-hydrogen) atoms. The molecule has 0 bridgehead atoms. The Morgan fingerprint density at radius 3 is 2.79 bits per heavy atom. The fraction of sp³-hybridized carbons (Fsp3) is 0.727. The molecular formula is C11H17NOS. The van der Waals surface area contributed by atoms with Crippen LogP contribution in [0.3, 0.4) is 0 Å². The molecule has 2 rings (SSSR count). The van der Waals surface area contributed by atoms with Crippen molar-refractivity contribution in [2.75, 3.05) is 0 Å². The van der Waals surface area contributed by atoms with E-state index in [0.29, 0.717) is 12.0 Å². The van der Waals surface area contributed by atoms with E-state index in [-0.39, 0.29) is 0 Å². The Kier molecular flexibility index (Phi) is 3.06. The van der Waals surface area contributed by atoms with Gasteiger partial charge in [0.15, 0.2) is 0 Å². The second kappa shape index (κ2) is 4.30. The third-order valence-electron chi connectivity index (χ3n) is 2.76. The number of hydrogen-bond donors (Lipinski definition) is 0. The summed E-state index contributed by atoms with van der Waals surface area (Å²) in [7, 11) is 0. The van der Waals surface area contributed by atoms with Gasteiger partial charge in [-0.3, -0.25) is 0 Å². The van der Waals surface area contributed by atoms with Crippen LogP contribution in [0.15, 0.2) is 5.38 Å². The van der Waals surface area contributed by atoms with E-state index >= 15 is 0 Å². The van der Waals surface area contributed by atoms with Crippen molar-refractivity contribution < 1.29 is 4.74 Å². The Morgan fingerprint density at radius 2 is 2.14 bits per heavy atom. The zero-order valence-corrected chi connectivity index (χ0v) is 9.64. The largest absolute Gasteiger partial charge is 0.474 e. The van der Waals surface area contributed by atoms with Crippen LogP contribution in [0, 0.1) is 0 Å². The third-order valence-corrected chi connectivity index (χ3v) is 3.40. The highest BCUT2D eigenvalue weighted by molar-refractivity contribution is 7.03. The van der Waals surface area contributed by atoms with E-state index in [4.69, 9.17) is 4.74 Å². The summed E-state index contributed by atoms with van der Waals surface area (Å²) in [5.74, 6) is 1.40. The minimum atomic E-state index is 0.426. The second-order valence-electron chi connectivity index (χ2n) is 4.25. The highest BCUT2D eigenvalue weighted by Crippen LogP contribution is 2.30. The van der Waals surface area contributed by atoms with Gasteiger partial charge < -0.3 is 4.74 Å². The molecule has 1 saturated carbocycles. The molecule has 0 amide bonds. The molecule has 1 aliphatic rings. The summed E-state index contributed by atoms with van der Waals surface area (Å²) in [5, 5.41) is 2.11. The molecule has 3 heteroatoms. The predicted molar refractivity (Wildman–Crippen MR) is 59.1 cm³/mol. The molecule has 0 unspecified atom stereocenters. The Morgan fingerprint density at radius 1 is 1.43 bits per heavy atom. The highest BCUT2D eigenvalue weighted by Gasteiger charge is 2.20. The molecule has 0 N–H and O–H groups in total. The van der Waals surface area contributed by atoms with E-state index < -0.39 is 0 Å². The monoisotopic (exact) mass is 211 g/mol. The van der Waals surface area contributed by atoms with Crippen molar-refractivity contribution in [2.45, 2.75) is 51.6 Å². The maximum atomic E-state index is 5.91. The van der Waals surface area contributed by atoms with Gasteiger partial charge in [0.05, 0.1) is 0 Å². The van der Waals surface area contributed by atoms with Crippen molar-refractivity contribution in [1.29, 1.82) is 0 Å². The van der Waals surface area contributed by atoms with Gasteiger partial charge in [-0.05, 0) is 43.1 Å². The van der Waals surface area contributed by atoms with Gasteiger partial charge in [0.25, 0.3) is 0 Å². The summed E-state index contributed by atoms with van der Waals surface area (Å²) in [4.78, 5) is 0. The van der Waals surface area contributed by atoms with Crippen LogP contribution < -0.4 is 4.74 Å². The molecule has 0 aromatic carbocycles. The second-order valence-corrected chi connectivity index (χ2v) is 4.88. The molecule has 0 saturated heterocycles. The Bertz CT molecular complexity index is 289. The smallest absolute Gasteiger partial charge is 0.228 e. The molecule has 1 heterocycles. The Balaban J connectivity index is 2.04. The van der Waals surface area contributed by atoms with E-state index in [1.54, 1.807) is 0 Å². The van der Waals surface area contributed by atoms with Crippen LogP contribution in [0.1, 0.15) is 51.0 Å². The quantitative estimate of drug-likeness (QED) is 0.762. The average molecular weight is 211 g/mol. The Hall–Kier alpha value is -0.570. The first-order valence-electron chi connectivity index (χ1n) is 5.38. The number of hydrogen-bond acceptors (Lipinski definition) is 3. The summed E-state index contributed by atoms with van der Waals surface area (Å²) >= 11 is 1.50. The number of aromatic nitrogens is 1. The van der Waals surface area contributed by atoms with E-state index in [9.17, 15) is 0 Å². The van der Waals surface area contributed by atoms with E-state index in [1.165, 1.54) is 42.8 Å². The highest BCUT2D eigenvalue weighted by atomic mass is 32.1. The third kappa shape index (κ3) is 2.08. The summed E-state index contributed by atoms with van der Waals surface area (Å²) in [5.41, 5.74) is 1.27. The lowest BCUT2D eigenvalue weighted by molar-refractivity contribution is 0.201. The van der Waals surface area contributed by atoms with Crippen LogP contribution in [0.5, 0.6) is 5.88 Å². The fourth-order valence-electron chi connectivity index (χ4n) is 1.87. The van der Waals surface area contributed by atoms with Gasteiger partial charge in [-0.2, -0.15) is 4.37 Å². The molecule has 2 nitrogen and oxygen atoms in total. The molecule has 0 radical (unpaired) electrons. The van der Waals surface area contributed by atoms with Gasteiger partial charge in [-0.1, -0.05) is 13.8 Å². The van der Waals surface area contributed by atoms with Gasteiger partial charge >= 0.3 is 0 Å². The topological polar surface area (TPSA) is 22.1 Å². The van der Waals surface area contributed by atoms with Gasteiger partial charge in [0, 0.05) is 10.9 Å². The molecule has 1 aromatic heterocycles. The van der Waals surface area contributed by atoms with Crippen LogP contribution in [-0.4, -0.2) is 10.5 Å². The van der Waals surface area contributed by atoms with Crippen molar-refractivity contribution in [1.82, 2.24) is 4.37 Å². The van der Waals surface area contributed by atoms with E-state index in [1.807, 2.05) is 0 Å². The van der Waals surface area contributed by atoms with Gasteiger partial charge in [-0.25, -0.2) is 0 Å². The van der Waals surface area contributed by atoms with Crippen molar-refractivity contribution in [2.24, 2.45) is 0 Å².